The Morgan fingerprint density at radius 2 is 1.50 bits per heavy atom. The first-order chi connectivity index (χ1) is 13.7. The molecule has 1 aromatic carbocycles. The number of alkyl halides is 3. The molecular weight excluding hydrogens is 415 g/mol. The summed E-state index contributed by atoms with van der Waals surface area (Å²) in [7, 11) is 0. The first-order valence-electron chi connectivity index (χ1n) is 8.21. The van der Waals surface area contributed by atoms with Gasteiger partial charge in [-0.25, -0.2) is 4.79 Å². The van der Waals surface area contributed by atoms with Crippen molar-refractivity contribution >= 4 is 23.8 Å². The van der Waals surface area contributed by atoms with Crippen LogP contribution in [0.2, 0.25) is 0 Å². The molecule has 0 fully saturated rings. The number of aliphatic carboxylic acids is 2. The summed E-state index contributed by atoms with van der Waals surface area (Å²) in [6.07, 6.45) is -4.78. The first-order valence-corrected chi connectivity index (χ1v) is 8.21. The van der Waals surface area contributed by atoms with Crippen molar-refractivity contribution in [2.24, 2.45) is 17.2 Å². The molecule has 0 spiro atoms. The number of carbonyl (C=O) groups excluding carboxylic acids is 2. The second-order valence-corrected chi connectivity index (χ2v) is 5.62. The summed E-state index contributed by atoms with van der Waals surface area (Å²) in [5.74, 6) is -4.71. The van der Waals surface area contributed by atoms with E-state index in [1.165, 1.54) is 6.92 Å². The van der Waals surface area contributed by atoms with Crippen molar-refractivity contribution in [1.29, 1.82) is 0 Å². The number of primary amides is 1. The van der Waals surface area contributed by atoms with E-state index in [2.05, 4.69) is 0 Å². The molecule has 8 N–H and O–H groups in total. The molecule has 0 saturated carbocycles. The van der Waals surface area contributed by atoms with Gasteiger partial charge in [-0.15, -0.1) is 0 Å². The SMILES string of the molecule is C[C@H](N)C(=O)O.NC(=O)[C@H](N)CCC(=O)OCc1ccccc1.O=C(O)C(F)(F)F. The number of rotatable bonds is 7. The summed E-state index contributed by atoms with van der Waals surface area (Å²) < 4.78 is 36.7. The van der Waals surface area contributed by atoms with Gasteiger partial charge in [-0.05, 0) is 18.9 Å². The third-order valence-electron chi connectivity index (χ3n) is 2.90. The standard InChI is InChI=1S/C12H16N2O3.C3H7NO2.C2HF3O2/c13-10(12(14)16)6-7-11(15)17-8-9-4-2-1-3-5-9;1-2(4)3(5)6;3-2(4,5)1(6)7/h1-5,10H,6-8,13H2,(H2,14,16);2H,4H2,1H3,(H,5,6);(H,6,7)/t10-;2-;/m10./s1. The lowest BCUT2D eigenvalue weighted by atomic mass is 10.1. The number of ether oxygens (including phenoxy) is 1. The number of halogens is 3. The number of esters is 1. The molecule has 1 rings (SSSR count). The minimum absolute atomic E-state index is 0.0942. The van der Waals surface area contributed by atoms with Gasteiger partial charge in [0.05, 0.1) is 6.04 Å². The number of carboxylic acid groups (broad SMARTS) is 2. The fraction of sp³-hybridized carbons (Fsp3) is 0.412. The number of benzene rings is 1. The van der Waals surface area contributed by atoms with Gasteiger partial charge in [0, 0.05) is 6.42 Å². The molecule has 0 aliphatic carbocycles. The van der Waals surface area contributed by atoms with Gasteiger partial charge < -0.3 is 32.2 Å². The number of carboxylic acids is 2. The number of carbonyl (C=O) groups is 4. The van der Waals surface area contributed by atoms with E-state index in [4.69, 9.17) is 36.9 Å². The van der Waals surface area contributed by atoms with Gasteiger partial charge in [0.15, 0.2) is 0 Å². The molecule has 2 atom stereocenters. The van der Waals surface area contributed by atoms with Crippen LogP contribution in [-0.4, -0.2) is 52.3 Å². The minimum atomic E-state index is -5.08. The highest BCUT2D eigenvalue weighted by molar-refractivity contribution is 5.80. The fourth-order valence-electron chi connectivity index (χ4n) is 1.23. The van der Waals surface area contributed by atoms with Crippen LogP contribution in [0.25, 0.3) is 0 Å². The van der Waals surface area contributed by atoms with E-state index in [-0.39, 0.29) is 25.4 Å². The smallest absolute Gasteiger partial charge is 0.480 e. The molecule has 0 aliphatic rings. The van der Waals surface area contributed by atoms with Gasteiger partial charge in [0.2, 0.25) is 5.91 Å². The van der Waals surface area contributed by atoms with Gasteiger partial charge in [-0.3, -0.25) is 14.4 Å². The Bertz CT molecular complexity index is 683. The summed E-state index contributed by atoms with van der Waals surface area (Å²) in [6.45, 7) is 1.65. The maximum absolute atomic E-state index is 11.3. The van der Waals surface area contributed by atoms with E-state index in [0.717, 1.165) is 5.56 Å². The number of hydrogen-bond acceptors (Lipinski definition) is 7. The molecule has 0 aromatic heterocycles. The molecule has 1 amide bonds. The molecule has 10 nitrogen and oxygen atoms in total. The number of hydrogen-bond donors (Lipinski definition) is 5. The molecule has 13 heteroatoms. The van der Waals surface area contributed by atoms with Crippen molar-refractivity contribution in [2.45, 2.75) is 44.6 Å². The average molecular weight is 439 g/mol. The van der Waals surface area contributed by atoms with Crippen LogP contribution in [0.3, 0.4) is 0 Å². The van der Waals surface area contributed by atoms with Crippen LogP contribution >= 0.6 is 0 Å². The minimum Gasteiger partial charge on any atom is -0.480 e. The first kappa shape index (κ1) is 29.0. The normalized spacial score (nSPS) is 12.1. The molecule has 0 bridgehead atoms. The van der Waals surface area contributed by atoms with Crippen LogP contribution in [0.5, 0.6) is 0 Å². The highest BCUT2D eigenvalue weighted by atomic mass is 19.4. The van der Waals surface area contributed by atoms with Gasteiger partial charge in [-0.1, -0.05) is 30.3 Å². The summed E-state index contributed by atoms with van der Waals surface area (Å²) in [5, 5.41) is 15.0. The van der Waals surface area contributed by atoms with Crippen molar-refractivity contribution in [3.05, 3.63) is 35.9 Å². The Morgan fingerprint density at radius 1 is 1.07 bits per heavy atom. The summed E-state index contributed by atoms with van der Waals surface area (Å²) >= 11 is 0. The van der Waals surface area contributed by atoms with Crippen molar-refractivity contribution in [3.8, 4) is 0 Å². The molecule has 1 aromatic rings. The molecule has 0 unspecified atom stereocenters. The van der Waals surface area contributed by atoms with Crippen LogP contribution in [-0.2, 0) is 30.5 Å². The predicted octanol–water partition coefficient (Wildman–Crippen LogP) is 0.374. The molecule has 170 valence electrons. The van der Waals surface area contributed by atoms with Crippen LogP contribution in [0, 0.1) is 0 Å². The summed E-state index contributed by atoms with van der Waals surface area (Å²) in [4.78, 5) is 40.4. The lowest BCUT2D eigenvalue weighted by molar-refractivity contribution is -0.192. The van der Waals surface area contributed by atoms with Crippen molar-refractivity contribution in [3.63, 3.8) is 0 Å². The Hall–Kier alpha value is -3.19. The lowest BCUT2D eigenvalue weighted by Gasteiger charge is -2.07. The third kappa shape index (κ3) is 16.9. The molecule has 0 heterocycles. The molecule has 0 radical (unpaired) electrons. The fourth-order valence-corrected chi connectivity index (χ4v) is 1.23. The van der Waals surface area contributed by atoms with Crippen LogP contribution in [0.15, 0.2) is 30.3 Å². The van der Waals surface area contributed by atoms with Gasteiger partial charge in [-0.2, -0.15) is 13.2 Å². The topological polar surface area (TPSA) is 196 Å². The predicted molar refractivity (Wildman–Crippen MR) is 97.6 cm³/mol. The van der Waals surface area contributed by atoms with Crippen LogP contribution in [0.4, 0.5) is 13.2 Å². The maximum Gasteiger partial charge on any atom is 0.490 e. The van der Waals surface area contributed by atoms with E-state index in [0.29, 0.717) is 0 Å². The molecule has 30 heavy (non-hydrogen) atoms. The van der Waals surface area contributed by atoms with Crippen molar-refractivity contribution in [1.82, 2.24) is 0 Å². The average Bonchev–Trinajstić information content (AvgIpc) is 2.65. The Labute approximate surface area is 169 Å². The second kappa shape index (κ2) is 14.8. The van der Waals surface area contributed by atoms with E-state index >= 15 is 0 Å². The third-order valence-corrected chi connectivity index (χ3v) is 2.90. The second-order valence-electron chi connectivity index (χ2n) is 5.62. The van der Waals surface area contributed by atoms with Gasteiger partial charge >= 0.3 is 24.1 Å². The van der Waals surface area contributed by atoms with E-state index in [1.807, 2.05) is 30.3 Å². The number of nitrogens with two attached hydrogens (primary N) is 3. The number of amides is 1. The Morgan fingerprint density at radius 3 is 1.83 bits per heavy atom. The lowest BCUT2D eigenvalue weighted by Crippen LogP contribution is -2.36. The molecule has 0 aliphatic heterocycles. The monoisotopic (exact) mass is 439 g/mol. The van der Waals surface area contributed by atoms with E-state index in [1.54, 1.807) is 0 Å². The van der Waals surface area contributed by atoms with Gasteiger partial charge in [0.25, 0.3) is 0 Å². The summed E-state index contributed by atoms with van der Waals surface area (Å²) in [6, 6.07) is 7.82. The summed E-state index contributed by atoms with van der Waals surface area (Å²) in [5.41, 5.74) is 16.1. The van der Waals surface area contributed by atoms with E-state index in [9.17, 15) is 27.6 Å². The zero-order valence-electron chi connectivity index (χ0n) is 16.0. The zero-order chi connectivity index (χ0) is 23.9. The molecular formula is C17H24F3N3O7. The molecule has 0 saturated heterocycles. The van der Waals surface area contributed by atoms with E-state index < -0.39 is 36.1 Å². The Balaban J connectivity index is 0. The Kier molecular flexibility index (Phi) is 14.3. The highest BCUT2D eigenvalue weighted by Gasteiger charge is 2.38. The quantitative estimate of drug-likeness (QED) is 0.373. The van der Waals surface area contributed by atoms with Crippen molar-refractivity contribution < 1.29 is 47.3 Å². The largest absolute Gasteiger partial charge is 0.490 e. The highest BCUT2D eigenvalue weighted by Crippen LogP contribution is 2.13. The van der Waals surface area contributed by atoms with Crippen molar-refractivity contribution in [2.75, 3.05) is 0 Å². The van der Waals surface area contributed by atoms with Gasteiger partial charge in [0.1, 0.15) is 12.6 Å². The zero-order valence-corrected chi connectivity index (χ0v) is 16.0. The maximum atomic E-state index is 11.3. The van der Waals surface area contributed by atoms with Crippen LogP contribution < -0.4 is 17.2 Å². The van der Waals surface area contributed by atoms with Crippen LogP contribution in [0.1, 0.15) is 25.3 Å².